The molecule has 0 fully saturated rings. The van der Waals surface area contributed by atoms with E-state index in [1.54, 1.807) is 24.5 Å². The molecule has 1 amide bonds. The average molecular weight is 241 g/mol. The zero-order chi connectivity index (χ0) is 12.8. The Kier molecular flexibility index (Phi) is 3.91. The van der Waals surface area contributed by atoms with Crippen molar-refractivity contribution in [2.24, 2.45) is 5.10 Å². The number of carbonyl (C=O) groups is 1. The van der Waals surface area contributed by atoms with Crippen LogP contribution in [0, 0.1) is 0 Å². The van der Waals surface area contributed by atoms with Crippen LogP contribution in [-0.2, 0) is 6.42 Å². The first-order valence-corrected chi connectivity index (χ1v) is 5.85. The number of hydrogen-bond donors (Lipinski definition) is 2. The summed E-state index contributed by atoms with van der Waals surface area (Å²) in [6.45, 7) is 2.11. The summed E-state index contributed by atoms with van der Waals surface area (Å²) in [5.41, 5.74) is 5.19. The number of nitrogens with zero attached hydrogens (tertiary/aromatic N) is 1. The molecule has 0 radical (unpaired) electrons. The third-order valence-corrected chi connectivity index (χ3v) is 2.61. The van der Waals surface area contributed by atoms with Gasteiger partial charge in [-0.05, 0) is 29.7 Å². The minimum absolute atomic E-state index is 0.249. The Morgan fingerprint density at radius 1 is 1.33 bits per heavy atom. The van der Waals surface area contributed by atoms with Crippen LogP contribution in [0.4, 0.5) is 0 Å². The van der Waals surface area contributed by atoms with E-state index in [0.29, 0.717) is 5.69 Å². The van der Waals surface area contributed by atoms with Crippen molar-refractivity contribution >= 4 is 12.1 Å². The third-order valence-electron chi connectivity index (χ3n) is 2.61. The first kappa shape index (κ1) is 12.1. The Hall–Kier alpha value is -2.36. The van der Waals surface area contributed by atoms with E-state index in [2.05, 4.69) is 22.4 Å². The highest BCUT2D eigenvalue weighted by Gasteiger charge is 2.02. The highest BCUT2D eigenvalue weighted by Crippen LogP contribution is 2.02. The minimum Gasteiger partial charge on any atom is -0.357 e. The van der Waals surface area contributed by atoms with Crippen molar-refractivity contribution in [1.82, 2.24) is 10.4 Å². The number of nitrogens with one attached hydrogen (secondary N) is 2. The summed E-state index contributed by atoms with van der Waals surface area (Å²) in [5.74, 6) is -0.249. The summed E-state index contributed by atoms with van der Waals surface area (Å²) in [4.78, 5) is 14.4. The summed E-state index contributed by atoms with van der Waals surface area (Å²) in [6, 6.07) is 11.5. The lowest BCUT2D eigenvalue weighted by Crippen LogP contribution is -2.17. The highest BCUT2D eigenvalue weighted by molar-refractivity contribution is 5.93. The van der Waals surface area contributed by atoms with Crippen LogP contribution in [0.1, 0.15) is 28.5 Å². The Morgan fingerprint density at radius 3 is 2.72 bits per heavy atom. The lowest BCUT2D eigenvalue weighted by molar-refractivity contribution is 0.0951. The fraction of sp³-hybridized carbons (Fsp3) is 0.143. The van der Waals surface area contributed by atoms with Crippen molar-refractivity contribution in [2.75, 3.05) is 0 Å². The predicted molar refractivity (Wildman–Crippen MR) is 71.7 cm³/mol. The molecule has 2 aromatic rings. The van der Waals surface area contributed by atoms with E-state index in [-0.39, 0.29) is 5.91 Å². The molecule has 1 heterocycles. The minimum atomic E-state index is -0.249. The van der Waals surface area contributed by atoms with Gasteiger partial charge in [-0.2, -0.15) is 5.10 Å². The first-order chi connectivity index (χ1) is 8.79. The van der Waals surface area contributed by atoms with Gasteiger partial charge in [0.25, 0.3) is 5.91 Å². The van der Waals surface area contributed by atoms with Crippen LogP contribution in [0.3, 0.4) is 0 Å². The van der Waals surface area contributed by atoms with E-state index in [1.807, 2.05) is 24.3 Å². The quantitative estimate of drug-likeness (QED) is 0.626. The number of hydrazone groups is 1. The van der Waals surface area contributed by atoms with Gasteiger partial charge in [0.05, 0.1) is 6.21 Å². The Morgan fingerprint density at radius 2 is 2.11 bits per heavy atom. The van der Waals surface area contributed by atoms with Crippen LogP contribution in [0.2, 0.25) is 0 Å². The Balaban J connectivity index is 1.93. The van der Waals surface area contributed by atoms with Gasteiger partial charge in [0, 0.05) is 6.20 Å². The van der Waals surface area contributed by atoms with Crippen molar-refractivity contribution in [3.05, 3.63) is 59.4 Å². The van der Waals surface area contributed by atoms with E-state index in [4.69, 9.17) is 0 Å². The van der Waals surface area contributed by atoms with Crippen LogP contribution in [0.25, 0.3) is 0 Å². The number of aryl methyl sites for hydroxylation is 1. The number of benzene rings is 1. The smallest absolute Gasteiger partial charge is 0.287 e. The molecule has 2 N–H and O–H groups in total. The molecule has 0 aliphatic heterocycles. The van der Waals surface area contributed by atoms with Crippen molar-refractivity contribution in [3.8, 4) is 0 Å². The molecular weight excluding hydrogens is 226 g/mol. The van der Waals surface area contributed by atoms with E-state index in [1.165, 1.54) is 5.56 Å². The standard InChI is InChI=1S/C14H15N3O/c1-2-11-5-7-12(8-6-11)10-16-17-14(18)13-4-3-9-15-13/h3-10,15H,2H2,1H3,(H,17,18)/b16-10-. The summed E-state index contributed by atoms with van der Waals surface area (Å²) < 4.78 is 0. The average Bonchev–Trinajstić information content (AvgIpc) is 2.93. The summed E-state index contributed by atoms with van der Waals surface area (Å²) in [7, 11) is 0. The second-order valence-corrected chi connectivity index (χ2v) is 3.88. The van der Waals surface area contributed by atoms with E-state index < -0.39 is 0 Å². The summed E-state index contributed by atoms with van der Waals surface area (Å²) in [6.07, 6.45) is 4.34. The van der Waals surface area contributed by atoms with Crippen LogP contribution < -0.4 is 5.43 Å². The molecule has 2 rings (SSSR count). The fourth-order valence-corrected chi connectivity index (χ4v) is 1.54. The van der Waals surface area contributed by atoms with Crippen molar-refractivity contribution in [3.63, 3.8) is 0 Å². The van der Waals surface area contributed by atoms with Crippen LogP contribution in [0.15, 0.2) is 47.7 Å². The van der Waals surface area contributed by atoms with Gasteiger partial charge in [-0.3, -0.25) is 4.79 Å². The van der Waals surface area contributed by atoms with Crippen LogP contribution in [-0.4, -0.2) is 17.1 Å². The molecule has 4 nitrogen and oxygen atoms in total. The van der Waals surface area contributed by atoms with Gasteiger partial charge in [-0.25, -0.2) is 5.43 Å². The molecule has 0 aliphatic rings. The number of amides is 1. The van der Waals surface area contributed by atoms with Gasteiger partial charge in [0.1, 0.15) is 5.69 Å². The van der Waals surface area contributed by atoms with Gasteiger partial charge in [-0.15, -0.1) is 0 Å². The summed E-state index contributed by atoms with van der Waals surface area (Å²) in [5, 5.41) is 3.91. The van der Waals surface area contributed by atoms with E-state index >= 15 is 0 Å². The van der Waals surface area contributed by atoms with Crippen molar-refractivity contribution in [1.29, 1.82) is 0 Å². The molecule has 0 spiro atoms. The second-order valence-electron chi connectivity index (χ2n) is 3.88. The Labute approximate surface area is 106 Å². The summed E-state index contributed by atoms with van der Waals surface area (Å²) >= 11 is 0. The zero-order valence-corrected chi connectivity index (χ0v) is 10.2. The normalized spacial score (nSPS) is 10.7. The molecule has 1 aromatic heterocycles. The molecule has 1 aromatic carbocycles. The van der Waals surface area contributed by atoms with Crippen LogP contribution in [0.5, 0.6) is 0 Å². The molecule has 0 aliphatic carbocycles. The third kappa shape index (κ3) is 3.07. The maximum atomic E-state index is 11.5. The number of hydrogen-bond acceptors (Lipinski definition) is 2. The molecule has 92 valence electrons. The topological polar surface area (TPSA) is 57.2 Å². The molecule has 0 atom stereocenters. The maximum Gasteiger partial charge on any atom is 0.287 e. The second kappa shape index (κ2) is 5.82. The zero-order valence-electron chi connectivity index (χ0n) is 10.2. The van der Waals surface area contributed by atoms with Gasteiger partial charge in [0.2, 0.25) is 0 Å². The van der Waals surface area contributed by atoms with Crippen molar-refractivity contribution in [2.45, 2.75) is 13.3 Å². The fourth-order valence-electron chi connectivity index (χ4n) is 1.54. The number of aromatic nitrogens is 1. The molecule has 4 heteroatoms. The maximum absolute atomic E-state index is 11.5. The van der Waals surface area contributed by atoms with Gasteiger partial charge >= 0.3 is 0 Å². The van der Waals surface area contributed by atoms with Gasteiger partial charge in [0.15, 0.2) is 0 Å². The lowest BCUT2D eigenvalue weighted by atomic mass is 10.1. The monoisotopic (exact) mass is 241 g/mol. The number of carbonyl (C=O) groups excluding carboxylic acids is 1. The van der Waals surface area contributed by atoms with Crippen LogP contribution >= 0.6 is 0 Å². The molecule has 18 heavy (non-hydrogen) atoms. The number of aromatic amines is 1. The number of rotatable bonds is 4. The van der Waals surface area contributed by atoms with E-state index in [9.17, 15) is 4.79 Å². The SMILES string of the molecule is CCc1ccc(/C=N\NC(=O)c2ccc[nH]2)cc1. The van der Waals surface area contributed by atoms with Gasteiger partial charge < -0.3 is 4.98 Å². The Bertz CT molecular complexity index is 527. The van der Waals surface area contributed by atoms with Gasteiger partial charge in [-0.1, -0.05) is 31.2 Å². The van der Waals surface area contributed by atoms with E-state index in [0.717, 1.165) is 12.0 Å². The molecule has 0 saturated carbocycles. The lowest BCUT2D eigenvalue weighted by Gasteiger charge is -1.98. The predicted octanol–water partition coefficient (Wildman–Crippen LogP) is 2.34. The molecule has 0 bridgehead atoms. The molecular formula is C14H15N3O. The largest absolute Gasteiger partial charge is 0.357 e. The van der Waals surface area contributed by atoms with Crippen molar-refractivity contribution < 1.29 is 4.79 Å². The first-order valence-electron chi connectivity index (χ1n) is 5.85. The molecule has 0 unspecified atom stereocenters. The molecule has 0 saturated heterocycles. The number of H-pyrrole nitrogens is 1. The highest BCUT2D eigenvalue weighted by atomic mass is 16.2.